The number of rotatable bonds is 4. The van der Waals surface area contributed by atoms with E-state index >= 15 is 0 Å². The highest BCUT2D eigenvalue weighted by molar-refractivity contribution is 5.11. The van der Waals surface area contributed by atoms with Gasteiger partial charge in [0.1, 0.15) is 0 Å². The Morgan fingerprint density at radius 2 is 1.65 bits per heavy atom. The van der Waals surface area contributed by atoms with Gasteiger partial charge in [-0.25, -0.2) is 0 Å². The lowest BCUT2D eigenvalue weighted by atomic mass is 9.43. The number of aliphatic hydroxyl groups is 2. The van der Waals surface area contributed by atoms with Crippen LogP contribution in [0.15, 0.2) is 0 Å². The largest absolute Gasteiger partial charge is 0.414 e. The van der Waals surface area contributed by atoms with E-state index in [0.717, 1.165) is 57.8 Å². The first-order chi connectivity index (χ1) is 14.4. The second kappa shape index (κ2) is 7.87. The average molecular weight is 447 g/mol. The van der Waals surface area contributed by atoms with Crippen LogP contribution in [0.5, 0.6) is 0 Å². The zero-order valence-corrected chi connectivity index (χ0v) is 19.5. The molecule has 0 radical (unpaired) electrons. The van der Waals surface area contributed by atoms with Gasteiger partial charge < -0.3 is 14.9 Å². The van der Waals surface area contributed by atoms with E-state index in [4.69, 9.17) is 4.74 Å². The summed E-state index contributed by atoms with van der Waals surface area (Å²) in [7, 11) is 1.65. The van der Waals surface area contributed by atoms with Crippen molar-refractivity contribution < 1.29 is 28.1 Å². The highest BCUT2D eigenvalue weighted by Gasteiger charge is 2.62. The molecule has 0 saturated heterocycles. The normalized spacial score (nSPS) is 49.6. The van der Waals surface area contributed by atoms with Crippen LogP contribution >= 0.6 is 0 Å². The number of ether oxygens (including phenoxy) is 1. The van der Waals surface area contributed by atoms with Gasteiger partial charge in [0.2, 0.25) is 0 Å². The molecule has 10 atom stereocenters. The molecular formula is C25H41F3O3. The molecule has 4 aliphatic rings. The molecule has 4 fully saturated rings. The first kappa shape index (κ1) is 23.8. The van der Waals surface area contributed by atoms with Crippen LogP contribution in [0.3, 0.4) is 0 Å². The minimum Gasteiger partial charge on any atom is -0.387 e. The fraction of sp³-hybridized carbons (Fsp3) is 1.00. The highest BCUT2D eigenvalue weighted by atomic mass is 19.4. The smallest absolute Gasteiger partial charge is 0.387 e. The van der Waals surface area contributed by atoms with Gasteiger partial charge in [0.15, 0.2) is 6.10 Å². The number of alkyl halides is 3. The van der Waals surface area contributed by atoms with Crippen molar-refractivity contribution in [2.75, 3.05) is 13.7 Å². The van der Waals surface area contributed by atoms with E-state index in [-0.39, 0.29) is 16.7 Å². The van der Waals surface area contributed by atoms with Crippen LogP contribution in [-0.2, 0) is 4.74 Å². The van der Waals surface area contributed by atoms with Crippen molar-refractivity contribution in [1.29, 1.82) is 0 Å². The van der Waals surface area contributed by atoms with E-state index in [9.17, 15) is 23.4 Å². The molecule has 0 spiro atoms. The van der Waals surface area contributed by atoms with Crippen LogP contribution in [0.2, 0.25) is 0 Å². The number of fused-ring (bicyclic) bond motifs is 5. The molecule has 4 rings (SSSR count). The van der Waals surface area contributed by atoms with E-state index in [2.05, 4.69) is 13.8 Å². The van der Waals surface area contributed by atoms with Gasteiger partial charge in [-0.3, -0.25) is 0 Å². The standard InChI is InChI=1S/C25H41F3O3/c1-15(21(29)25(26,27)28)18-7-8-19-17-6-5-16-13-24(30,14-31-4)12-11-22(16,2)20(17)9-10-23(18,19)3/h15-21,29-30H,5-14H2,1-4H3/t15-,16-,17-,18+,19-,20-,21-,22-,23+,24-/m0/s1. The predicted molar refractivity (Wildman–Crippen MR) is 113 cm³/mol. The lowest BCUT2D eigenvalue weighted by Crippen LogP contribution is -2.57. The van der Waals surface area contributed by atoms with Crippen molar-refractivity contribution in [2.24, 2.45) is 46.3 Å². The van der Waals surface area contributed by atoms with E-state index in [1.165, 1.54) is 0 Å². The summed E-state index contributed by atoms with van der Waals surface area (Å²) in [5.41, 5.74) is -0.614. The Balaban J connectivity index is 1.53. The number of methoxy groups -OCH3 is 1. The molecule has 180 valence electrons. The van der Waals surface area contributed by atoms with Crippen molar-refractivity contribution in [1.82, 2.24) is 0 Å². The molecule has 0 aromatic rings. The maximum absolute atomic E-state index is 13.2. The summed E-state index contributed by atoms with van der Waals surface area (Å²) in [4.78, 5) is 0. The monoisotopic (exact) mass is 446 g/mol. The predicted octanol–water partition coefficient (Wildman–Crippen LogP) is 5.58. The summed E-state index contributed by atoms with van der Waals surface area (Å²) >= 11 is 0. The van der Waals surface area contributed by atoms with Crippen LogP contribution in [0, 0.1) is 46.3 Å². The maximum atomic E-state index is 13.2. The summed E-state index contributed by atoms with van der Waals surface area (Å²) < 4.78 is 45.0. The van der Waals surface area contributed by atoms with Crippen molar-refractivity contribution in [3.05, 3.63) is 0 Å². The second-order valence-electron chi connectivity index (χ2n) is 12.1. The third-order valence-corrected chi connectivity index (χ3v) is 10.8. The van der Waals surface area contributed by atoms with Gasteiger partial charge in [0, 0.05) is 7.11 Å². The van der Waals surface area contributed by atoms with Crippen LogP contribution in [0.25, 0.3) is 0 Å². The van der Waals surface area contributed by atoms with E-state index in [1.54, 1.807) is 14.0 Å². The van der Waals surface area contributed by atoms with Gasteiger partial charge >= 0.3 is 6.18 Å². The lowest BCUT2D eigenvalue weighted by molar-refractivity contribution is -0.228. The molecule has 31 heavy (non-hydrogen) atoms. The van der Waals surface area contributed by atoms with Crippen molar-refractivity contribution in [3.8, 4) is 0 Å². The second-order valence-corrected chi connectivity index (χ2v) is 12.1. The molecule has 0 bridgehead atoms. The van der Waals surface area contributed by atoms with Gasteiger partial charge in [-0.2, -0.15) is 13.2 Å². The summed E-state index contributed by atoms with van der Waals surface area (Å²) in [6.45, 7) is 6.65. The minimum atomic E-state index is -4.54. The molecule has 0 aliphatic heterocycles. The SMILES string of the molecule is COC[C@]1(O)CC[C@@]2(C)[C@@H](CC[C@@H]3[C@@H]2CC[C@]2(C)[C@@H]([C@H](C)[C@H](O)C(F)(F)F)CC[C@@H]32)C1. The molecule has 0 amide bonds. The van der Waals surface area contributed by atoms with E-state index in [1.807, 2.05) is 0 Å². The highest BCUT2D eigenvalue weighted by Crippen LogP contribution is 2.69. The van der Waals surface area contributed by atoms with Gasteiger partial charge in [0.05, 0.1) is 12.2 Å². The first-order valence-electron chi connectivity index (χ1n) is 12.3. The lowest BCUT2D eigenvalue weighted by Gasteiger charge is -2.62. The third-order valence-electron chi connectivity index (χ3n) is 10.8. The van der Waals surface area contributed by atoms with Crippen LogP contribution in [0.1, 0.15) is 78.6 Å². The topological polar surface area (TPSA) is 49.7 Å². The molecule has 0 aromatic heterocycles. The summed E-state index contributed by atoms with van der Waals surface area (Å²) in [6, 6.07) is 0. The van der Waals surface area contributed by atoms with E-state index < -0.39 is 23.8 Å². The summed E-state index contributed by atoms with van der Waals surface area (Å²) in [5.74, 6) is 1.29. The van der Waals surface area contributed by atoms with Crippen LogP contribution in [-0.4, -0.2) is 41.8 Å². The first-order valence-corrected chi connectivity index (χ1v) is 12.3. The van der Waals surface area contributed by atoms with Crippen LogP contribution in [0.4, 0.5) is 13.2 Å². The zero-order valence-electron chi connectivity index (χ0n) is 19.5. The number of hydrogen-bond donors (Lipinski definition) is 2. The molecule has 3 nitrogen and oxygen atoms in total. The molecule has 0 unspecified atom stereocenters. The molecular weight excluding hydrogens is 405 g/mol. The van der Waals surface area contributed by atoms with E-state index in [0.29, 0.717) is 30.3 Å². The van der Waals surface area contributed by atoms with Crippen molar-refractivity contribution in [2.45, 2.75) is 96.4 Å². The quantitative estimate of drug-likeness (QED) is 0.593. The number of hydrogen-bond acceptors (Lipinski definition) is 3. The fourth-order valence-electron chi connectivity index (χ4n) is 9.14. The Kier molecular flexibility index (Phi) is 6.05. The Morgan fingerprint density at radius 1 is 0.968 bits per heavy atom. The summed E-state index contributed by atoms with van der Waals surface area (Å²) in [5, 5.41) is 21.0. The van der Waals surface area contributed by atoms with Crippen LogP contribution < -0.4 is 0 Å². The molecule has 0 heterocycles. The molecule has 4 aliphatic carbocycles. The Bertz CT molecular complexity index is 669. The minimum absolute atomic E-state index is 0.0706. The maximum Gasteiger partial charge on any atom is 0.414 e. The van der Waals surface area contributed by atoms with Gasteiger partial charge in [-0.1, -0.05) is 20.8 Å². The molecule has 2 N–H and O–H groups in total. The van der Waals surface area contributed by atoms with Gasteiger partial charge in [-0.05, 0) is 104 Å². The molecule has 6 heteroatoms. The van der Waals surface area contributed by atoms with Gasteiger partial charge in [0.25, 0.3) is 0 Å². The molecule has 0 aromatic carbocycles. The zero-order chi connectivity index (χ0) is 22.8. The Hall–Kier alpha value is -0.330. The third kappa shape index (κ3) is 3.77. The Morgan fingerprint density at radius 3 is 2.29 bits per heavy atom. The Labute approximate surface area is 185 Å². The number of aliphatic hydroxyl groups excluding tert-OH is 1. The fourth-order valence-corrected chi connectivity index (χ4v) is 9.14. The van der Waals surface area contributed by atoms with Gasteiger partial charge in [-0.15, -0.1) is 0 Å². The van der Waals surface area contributed by atoms with Crippen molar-refractivity contribution in [3.63, 3.8) is 0 Å². The molecule has 4 saturated carbocycles. The number of halogens is 3. The summed E-state index contributed by atoms with van der Waals surface area (Å²) in [6.07, 6.45) is 1.86. The average Bonchev–Trinajstić information content (AvgIpc) is 3.04. The van der Waals surface area contributed by atoms with Crippen molar-refractivity contribution >= 4 is 0 Å².